The molecule has 5 rings (SSSR count). The standard InChI is InChI=1S/C20H21N5O/c1-13-16(11-22-18-7-8-23-25(13)18)20(26)24-12-15-9-21-10-17(15)19(24)14-5-3-2-4-6-14/h2-8,11,15,17,19,21H,9-10,12H2,1H3/t15-,17-,19+/m0/s1. The van der Waals surface area contributed by atoms with Crippen molar-refractivity contribution in [2.45, 2.75) is 13.0 Å². The molecule has 0 saturated carbocycles. The van der Waals surface area contributed by atoms with E-state index in [0.29, 0.717) is 17.4 Å². The van der Waals surface area contributed by atoms with Gasteiger partial charge in [-0.15, -0.1) is 0 Å². The Morgan fingerprint density at radius 2 is 2.04 bits per heavy atom. The molecule has 3 atom stereocenters. The van der Waals surface area contributed by atoms with Crippen molar-refractivity contribution in [2.24, 2.45) is 11.8 Å². The SMILES string of the molecule is Cc1c(C(=O)N2C[C@@H]3CNC[C@@H]3[C@H]2c2ccccc2)cnc2ccnn12. The van der Waals surface area contributed by atoms with Crippen LogP contribution < -0.4 is 5.32 Å². The van der Waals surface area contributed by atoms with Crippen LogP contribution in [0.15, 0.2) is 48.8 Å². The van der Waals surface area contributed by atoms with E-state index in [-0.39, 0.29) is 11.9 Å². The normalized spacial score (nSPS) is 25.0. The lowest BCUT2D eigenvalue weighted by Crippen LogP contribution is -2.35. The summed E-state index contributed by atoms with van der Waals surface area (Å²) in [5.74, 6) is 1.02. The molecule has 1 aromatic carbocycles. The highest BCUT2D eigenvalue weighted by Gasteiger charge is 2.47. The maximum absolute atomic E-state index is 13.5. The maximum Gasteiger partial charge on any atom is 0.257 e. The first kappa shape index (κ1) is 15.5. The molecular formula is C20H21N5O. The van der Waals surface area contributed by atoms with Gasteiger partial charge < -0.3 is 10.2 Å². The summed E-state index contributed by atoms with van der Waals surface area (Å²) in [7, 11) is 0. The van der Waals surface area contributed by atoms with Crippen LogP contribution in [0.5, 0.6) is 0 Å². The Balaban J connectivity index is 1.56. The number of hydrogen-bond donors (Lipinski definition) is 1. The Bertz CT molecular complexity index is 967. The van der Waals surface area contributed by atoms with Crippen LogP contribution in [0.2, 0.25) is 0 Å². The van der Waals surface area contributed by atoms with E-state index in [4.69, 9.17) is 0 Å². The van der Waals surface area contributed by atoms with Crippen molar-refractivity contribution < 1.29 is 4.79 Å². The second kappa shape index (κ2) is 5.92. The van der Waals surface area contributed by atoms with E-state index in [0.717, 1.165) is 31.0 Å². The Labute approximate surface area is 151 Å². The van der Waals surface area contributed by atoms with E-state index >= 15 is 0 Å². The Kier molecular flexibility index (Phi) is 3.53. The second-order valence-corrected chi connectivity index (χ2v) is 7.25. The average molecular weight is 347 g/mol. The van der Waals surface area contributed by atoms with Crippen LogP contribution in [0.3, 0.4) is 0 Å². The molecule has 132 valence electrons. The average Bonchev–Trinajstić information content (AvgIpc) is 3.37. The molecule has 0 radical (unpaired) electrons. The van der Waals surface area contributed by atoms with E-state index in [9.17, 15) is 4.79 Å². The monoisotopic (exact) mass is 347 g/mol. The lowest BCUT2D eigenvalue weighted by atomic mass is 9.89. The zero-order valence-corrected chi connectivity index (χ0v) is 14.7. The smallest absolute Gasteiger partial charge is 0.257 e. The van der Waals surface area contributed by atoms with Crippen LogP contribution in [0.4, 0.5) is 0 Å². The number of nitrogens with zero attached hydrogens (tertiary/aromatic N) is 4. The van der Waals surface area contributed by atoms with Crippen LogP contribution in [-0.4, -0.2) is 45.0 Å². The number of carbonyl (C=O) groups excluding carboxylic acids is 1. The molecule has 2 aliphatic heterocycles. The summed E-state index contributed by atoms with van der Waals surface area (Å²) in [6.45, 7) is 4.66. The van der Waals surface area contributed by atoms with Gasteiger partial charge in [0.15, 0.2) is 5.65 Å². The minimum Gasteiger partial charge on any atom is -0.331 e. The predicted octanol–water partition coefficient (Wildman–Crippen LogP) is 2.07. The molecule has 3 aromatic rings. The molecular weight excluding hydrogens is 326 g/mol. The fraction of sp³-hybridized carbons (Fsp3) is 0.350. The van der Waals surface area contributed by atoms with E-state index in [2.05, 4.69) is 39.7 Å². The zero-order valence-electron chi connectivity index (χ0n) is 14.7. The number of aromatic nitrogens is 3. The lowest BCUT2D eigenvalue weighted by molar-refractivity contribution is 0.0712. The first-order valence-electron chi connectivity index (χ1n) is 9.10. The number of carbonyl (C=O) groups is 1. The van der Waals surface area contributed by atoms with Gasteiger partial charge in [-0.3, -0.25) is 4.79 Å². The number of nitrogens with one attached hydrogen (secondary N) is 1. The lowest BCUT2D eigenvalue weighted by Gasteiger charge is -2.29. The fourth-order valence-electron chi connectivity index (χ4n) is 4.56. The molecule has 1 N–H and O–H groups in total. The third kappa shape index (κ3) is 2.25. The van der Waals surface area contributed by atoms with Crippen molar-refractivity contribution in [1.82, 2.24) is 24.8 Å². The number of benzene rings is 1. The molecule has 26 heavy (non-hydrogen) atoms. The van der Waals surface area contributed by atoms with Gasteiger partial charge in [0.1, 0.15) is 0 Å². The van der Waals surface area contributed by atoms with Crippen molar-refractivity contribution in [3.8, 4) is 0 Å². The molecule has 0 aliphatic carbocycles. The summed E-state index contributed by atoms with van der Waals surface area (Å²) in [5.41, 5.74) is 3.45. The fourth-order valence-corrected chi connectivity index (χ4v) is 4.56. The third-order valence-corrected chi connectivity index (χ3v) is 5.85. The molecule has 0 bridgehead atoms. The van der Waals surface area contributed by atoms with Gasteiger partial charge in [0.05, 0.1) is 23.5 Å². The van der Waals surface area contributed by atoms with Gasteiger partial charge in [-0.2, -0.15) is 5.10 Å². The molecule has 2 saturated heterocycles. The number of rotatable bonds is 2. The van der Waals surface area contributed by atoms with Gasteiger partial charge in [0.2, 0.25) is 0 Å². The van der Waals surface area contributed by atoms with Crippen LogP contribution >= 0.6 is 0 Å². The van der Waals surface area contributed by atoms with Crippen molar-refractivity contribution in [3.63, 3.8) is 0 Å². The summed E-state index contributed by atoms with van der Waals surface area (Å²) >= 11 is 0. The third-order valence-electron chi connectivity index (χ3n) is 5.85. The van der Waals surface area contributed by atoms with Crippen LogP contribution in [-0.2, 0) is 0 Å². The minimum atomic E-state index is 0.0515. The van der Waals surface area contributed by atoms with Gasteiger partial charge in [-0.25, -0.2) is 9.50 Å². The minimum absolute atomic E-state index is 0.0515. The van der Waals surface area contributed by atoms with Gasteiger partial charge in [-0.1, -0.05) is 30.3 Å². The Morgan fingerprint density at radius 1 is 1.19 bits per heavy atom. The summed E-state index contributed by atoms with van der Waals surface area (Å²) in [6, 6.07) is 12.3. The number of likely N-dealkylation sites (tertiary alicyclic amines) is 1. The van der Waals surface area contributed by atoms with Crippen LogP contribution in [0.25, 0.3) is 5.65 Å². The highest BCUT2D eigenvalue weighted by atomic mass is 16.2. The molecule has 6 heteroatoms. The molecule has 2 aliphatic rings. The summed E-state index contributed by atoms with van der Waals surface area (Å²) < 4.78 is 1.74. The summed E-state index contributed by atoms with van der Waals surface area (Å²) in [4.78, 5) is 19.9. The van der Waals surface area contributed by atoms with E-state index < -0.39 is 0 Å². The Hall–Kier alpha value is -2.73. The highest BCUT2D eigenvalue weighted by molar-refractivity contribution is 5.95. The van der Waals surface area contributed by atoms with Gasteiger partial charge in [-0.05, 0) is 18.4 Å². The van der Waals surface area contributed by atoms with E-state index in [1.807, 2.05) is 24.0 Å². The molecule has 0 spiro atoms. The first-order valence-corrected chi connectivity index (χ1v) is 9.10. The first-order chi connectivity index (χ1) is 12.7. The van der Waals surface area contributed by atoms with Crippen molar-refractivity contribution in [1.29, 1.82) is 0 Å². The molecule has 1 amide bonds. The van der Waals surface area contributed by atoms with Crippen molar-refractivity contribution >= 4 is 11.6 Å². The van der Waals surface area contributed by atoms with Crippen molar-refractivity contribution in [3.05, 3.63) is 65.6 Å². The predicted molar refractivity (Wildman–Crippen MR) is 97.8 cm³/mol. The van der Waals surface area contributed by atoms with Crippen LogP contribution in [0.1, 0.15) is 27.7 Å². The molecule has 4 heterocycles. The number of fused-ring (bicyclic) bond motifs is 2. The van der Waals surface area contributed by atoms with Crippen molar-refractivity contribution in [2.75, 3.05) is 19.6 Å². The second-order valence-electron chi connectivity index (χ2n) is 7.25. The molecule has 6 nitrogen and oxygen atoms in total. The molecule has 0 unspecified atom stereocenters. The van der Waals surface area contributed by atoms with Gasteiger partial charge in [0, 0.05) is 37.8 Å². The van der Waals surface area contributed by atoms with Gasteiger partial charge >= 0.3 is 0 Å². The quantitative estimate of drug-likeness (QED) is 0.771. The van der Waals surface area contributed by atoms with E-state index in [1.54, 1.807) is 16.9 Å². The number of hydrogen-bond acceptors (Lipinski definition) is 4. The molecule has 2 aromatic heterocycles. The van der Waals surface area contributed by atoms with Crippen LogP contribution in [0, 0.1) is 18.8 Å². The van der Waals surface area contributed by atoms with Gasteiger partial charge in [0.25, 0.3) is 5.91 Å². The number of amides is 1. The Morgan fingerprint density at radius 3 is 2.88 bits per heavy atom. The largest absolute Gasteiger partial charge is 0.331 e. The summed E-state index contributed by atoms with van der Waals surface area (Å²) in [6.07, 6.45) is 3.41. The maximum atomic E-state index is 13.5. The highest BCUT2D eigenvalue weighted by Crippen LogP contribution is 2.43. The molecule has 2 fully saturated rings. The zero-order chi connectivity index (χ0) is 17.7. The number of aryl methyl sites for hydroxylation is 1. The summed E-state index contributed by atoms with van der Waals surface area (Å²) in [5, 5.41) is 7.79. The topological polar surface area (TPSA) is 62.5 Å². The van der Waals surface area contributed by atoms with E-state index in [1.165, 1.54) is 5.56 Å².